The Morgan fingerprint density at radius 3 is 2.38 bits per heavy atom. The van der Waals surface area contributed by atoms with Crippen molar-refractivity contribution in [1.82, 2.24) is 9.66 Å². The number of rotatable bonds is 6. The minimum Gasteiger partial charge on any atom is -0.493 e. The number of nitrogens with zero attached hydrogens (tertiary/aromatic N) is 3. The number of ether oxygens (including phenoxy) is 2. The number of benzene rings is 3. The van der Waals surface area contributed by atoms with Crippen molar-refractivity contribution in [2.24, 2.45) is 5.10 Å². The zero-order chi connectivity index (χ0) is 26.9. The van der Waals surface area contributed by atoms with Crippen molar-refractivity contribution in [3.63, 3.8) is 0 Å². The van der Waals surface area contributed by atoms with Gasteiger partial charge in [-0.25, -0.2) is 4.98 Å². The standard InChI is InChI=1S/C27H23Br3ClN3O3/c1-27(2,3)26-33-20-10-9-18(29)12-19(20)25(35)34(26)32-13-16-11-21(36-4)24(23(31)22(16)30)37-14-15-5-7-17(28)8-6-15/h5-13H,14H2,1-4H3. The molecule has 0 spiro atoms. The third-order valence-electron chi connectivity index (χ3n) is 5.46. The van der Waals surface area contributed by atoms with Gasteiger partial charge >= 0.3 is 0 Å². The van der Waals surface area contributed by atoms with Crippen LogP contribution in [0.1, 0.15) is 37.7 Å². The summed E-state index contributed by atoms with van der Waals surface area (Å²) >= 11 is 17.1. The zero-order valence-corrected chi connectivity index (χ0v) is 26.0. The lowest BCUT2D eigenvalue weighted by Crippen LogP contribution is -2.29. The first kappa shape index (κ1) is 27.8. The Morgan fingerprint density at radius 1 is 1.05 bits per heavy atom. The van der Waals surface area contributed by atoms with Gasteiger partial charge in [0, 0.05) is 24.4 Å². The number of halogens is 4. The van der Waals surface area contributed by atoms with Gasteiger partial charge < -0.3 is 9.47 Å². The van der Waals surface area contributed by atoms with Gasteiger partial charge in [0.2, 0.25) is 0 Å². The predicted molar refractivity (Wildman–Crippen MR) is 160 cm³/mol. The third-order valence-corrected chi connectivity index (χ3v) is 7.93. The highest BCUT2D eigenvalue weighted by molar-refractivity contribution is 9.11. The highest BCUT2D eigenvalue weighted by atomic mass is 79.9. The van der Waals surface area contributed by atoms with E-state index in [2.05, 4.69) is 52.9 Å². The lowest BCUT2D eigenvalue weighted by atomic mass is 9.95. The van der Waals surface area contributed by atoms with Crippen LogP contribution in [0.15, 0.2) is 71.8 Å². The Labute approximate surface area is 245 Å². The summed E-state index contributed by atoms with van der Waals surface area (Å²) in [6.07, 6.45) is 1.55. The summed E-state index contributed by atoms with van der Waals surface area (Å²) in [5, 5.41) is 5.34. The molecule has 6 nitrogen and oxygen atoms in total. The van der Waals surface area contributed by atoms with Crippen molar-refractivity contribution in [2.45, 2.75) is 32.8 Å². The maximum absolute atomic E-state index is 13.4. The van der Waals surface area contributed by atoms with Crippen molar-refractivity contribution in [2.75, 3.05) is 7.11 Å². The largest absolute Gasteiger partial charge is 0.493 e. The fourth-order valence-electron chi connectivity index (χ4n) is 3.58. The molecular formula is C27H23Br3ClN3O3. The summed E-state index contributed by atoms with van der Waals surface area (Å²) in [6, 6.07) is 15.0. The van der Waals surface area contributed by atoms with E-state index in [1.54, 1.807) is 25.5 Å². The molecule has 0 bridgehead atoms. The second kappa shape index (κ2) is 11.3. The van der Waals surface area contributed by atoms with Crippen molar-refractivity contribution >= 4 is 76.5 Å². The van der Waals surface area contributed by atoms with Gasteiger partial charge in [-0.3, -0.25) is 4.79 Å². The summed E-state index contributed by atoms with van der Waals surface area (Å²) in [4.78, 5) is 18.2. The van der Waals surface area contributed by atoms with Gasteiger partial charge in [0.25, 0.3) is 5.56 Å². The smallest absolute Gasteiger partial charge is 0.282 e. The number of aromatic nitrogens is 2. The van der Waals surface area contributed by atoms with Gasteiger partial charge in [-0.05, 0) is 57.9 Å². The second-order valence-electron chi connectivity index (χ2n) is 9.25. The second-order valence-corrected chi connectivity index (χ2v) is 12.3. The van der Waals surface area contributed by atoms with E-state index in [1.807, 2.05) is 57.2 Å². The molecule has 192 valence electrons. The summed E-state index contributed by atoms with van der Waals surface area (Å²) in [5.41, 5.74) is 1.50. The minimum atomic E-state index is -0.435. The van der Waals surface area contributed by atoms with Crippen LogP contribution in [0.4, 0.5) is 0 Å². The average molecular weight is 713 g/mol. The van der Waals surface area contributed by atoms with E-state index in [9.17, 15) is 4.79 Å². The number of fused-ring (bicyclic) bond motifs is 1. The molecule has 0 radical (unpaired) electrons. The Balaban J connectivity index is 1.76. The predicted octanol–water partition coefficient (Wildman–Crippen LogP) is 8.10. The van der Waals surface area contributed by atoms with Crippen LogP contribution in [0, 0.1) is 0 Å². The van der Waals surface area contributed by atoms with Gasteiger partial charge in [0.15, 0.2) is 11.5 Å². The highest BCUT2D eigenvalue weighted by Crippen LogP contribution is 2.42. The zero-order valence-electron chi connectivity index (χ0n) is 20.5. The topological polar surface area (TPSA) is 65.7 Å². The van der Waals surface area contributed by atoms with Crippen molar-refractivity contribution in [3.8, 4) is 11.5 Å². The summed E-state index contributed by atoms with van der Waals surface area (Å²) in [6.45, 7) is 6.27. The first-order valence-electron chi connectivity index (χ1n) is 11.2. The Hall–Kier alpha value is -2.20. The van der Waals surface area contributed by atoms with Crippen LogP contribution in [0.3, 0.4) is 0 Å². The van der Waals surface area contributed by atoms with Crippen molar-refractivity contribution in [3.05, 3.63) is 94.3 Å². The summed E-state index contributed by atoms with van der Waals surface area (Å²) < 4.78 is 15.2. The van der Waals surface area contributed by atoms with Crippen LogP contribution in [-0.2, 0) is 12.0 Å². The maximum Gasteiger partial charge on any atom is 0.282 e. The van der Waals surface area contributed by atoms with E-state index >= 15 is 0 Å². The monoisotopic (exact) mass is 709 g/mol. The summed E-state index contributed by atoms with van der Waals surface area (Å²) in [5.74, 6) is 1.38. The molecule has 37 heavy (non-hydrogen) atoms. The van der Waals surface area contributed by atoms with Crippen LogP contribution >= 0.6 is 59.4 Å². The minimum absolute atomic E-state index is 0.267. The van der Waals surface area contributed by atoms with E-state index in [4.69, 9.17) is 26.1 Å². The molecule has 1 heterocycles. The molecule has 0 aliphatic carbocycles. The molecule has 4 aromatic rings. The van der Waals surface area contributed by atoms with Gasteiger partial charge in [0.1, 0.15) is 17.5 Å². The highest BCUT2D eigenvalue weighted by Gasteiger charge is 2.23. The Morgan fingerprint density at radius 2 is 1.73 bits per heavy atom. The van der Waals surface area contributed by atoms with Gasteiger partial charge in [-0.1, -0.05) is 76.4 Å². The average Bonchev–Trinajstić information content (AvgIpc) is 2.85. The molecule has 0 fully saturated rings. The Kier molecular flexibility index (Phi) is 8.48. The van der Waals surface area contributed by atoms with Gasteiger partial charge in [-0.2, -0.15) is 9.78 Å². The van der Waals surface area contributed by atoms with E-state index in [-0.39, 0.29) is 5.56 Å². The van der Waals surface area contributed by atoms with Crippen molar-refractivity contribution in [1.29, 1.82) is 0 Å². The molecule has 0 atom stereocenters. The maximum atomic E-state index is 13.4. The van der Waals surface area contributed by atoms with Crippen LogP contribution < -0.4 is 15.0 Å². The van der Waals surface area contributed by atoms with Crippen LogP contribution in [-0.4, -0.2) is 23.0 Å². The van der Waals surface area contributed by atoms with E-state index < -0.39 is 5.41 Å². The van der Waals surface area contributed by atoms with Gasteiger partial charge in [-0.15, -0.1) is 0 Å². The Bertz CT molecular complexity index is 1560. The third kappa shape index (κ3) is 6.11. The molecule has 0 saturated heterocycles. The van der Waals surface area contributed by atoms with E-state index in [0.29, 0.717) is 49.9 Å². The number of methoxy groups -OCH3 is 1. The number of hydrogen-bond acceptors (Lipinski definition) is 5. The fraction of sp³-hybridized carbons (Fsp3) is 0.222. The molecule has 3 aromatic carbocycles. The SMILES string of the molecule is COc1cc(C=Nn2c(C(C)(C)C)nc3ccc(Br)cc3c2=O)c(Br)c(Cl)c1OCc1ccc(Br)cc1. The number of hydrogen-bond donors (Lipinski definition) is 0. The molecule has 0 aliphatic rings. The quantitative estimate of drug-likeness (QED) is 0.190. The lowest BCUT2D eigenvalue weighted by Gasteiger charge is -2.21. The molecule has 1 aromatic heterocycles. The molecule has 0 unspecified atom stereocenters. The van der Waals surface area contributed by atoms with E-state index in [0.717, 1.165) is 14.5 Å². The van der Waals surface area contributed by atoms with Crippen LogP contribution in [0.5, 0.6) is 11.5 Å². The van der Waals surface area contributed by atoms with Gasteiger partial charge in [0.05, 0.1) is 24.2 Å². The molecule has 0 N–H and O–H groups in total. The normalized spacial score (nSPS) is 11.9. The van der Waals surface area contributed by atoms with Crippen LogP contribution in [0.2, 0.25) is 5.02 Å². The molecular weight excluding hydrogens is 689 g/mol. The lowest BCUT2D eigenvalue weighted by molar-refractivity contribution is 0.284. The summed E-state index contributed by atoms with van der Waals surface area (Å²) in [7, 11) is 1.54. The molecule has 0 saturated carbocycles. The first-order valence-corrected chi connectivity index (χ1v) is 14.0. The molecule has 0 aliphatic heterocycles. The van der Waals surface area contributed by atoms with E-state index in [1.165, 1.54) is 4.68 Å². The first-order chi connectivity index (χ1) is 17.5. The molecule has 0 amide bonds. The molecule has 10 heteroatoms. The van der Waals surface area contributed by atoms with Crippen molar-refractivity contribution < 1.29 is 9.47 Å². The van der Waals surface area contributed by atoms with Crippen LogP contribution in [0.25, 0.3) is 10.9 Å². The fourth-order valence-corrected chi connectivity index (χ4v) is 4.86. The molecule has 4 rings (SSSR count).